The highest BCUT2D eigenvalue weighted by Crippen LogP contribution is 2.22. The molecule has 1 unspecified atom stereocenters. The molecule has 4 nitrogen and oxygen atoms in total. The molecule has 1 heterocycles. The van der Waals surface area contributed by atoms with Gasteiger partial charge in [0, 0.05) is 22.9 Å². The Kier molecular flexibility index (Phi) is 4.99. The van der Waals surface area contributed by atoms with Crippen molar-refractivity contribution in [2.45, 2.75) is 37.6 Å². The maximum Gasteiger partial charge on any atom is 0.228 e. The van der Waals surface area contributed by atoms with E-state index in [-0.39, 0.29) is 6.04 Å². The first-order valence-electron chi connectivity index (χ1n) is 6.54. The first kappa shape index (κ1) is 14.1. The molecule has 0 radical (unpaired) electrons. The lowest BCUT2D eigenvalue weighted by molar-refractivity contribution is 0.368. The number of hydrogen-bond acceptors (Lipinski definition) is 5. The van der Waals surface area contributed by atoms with Crippen LogP contribution in [0.25, 0.3) is 11.4 Å². The predicted molar refractivity (Wildman–Crippen MR) is 78.1 cm³/mol. The van der Waals surface area contributed by atoms with Crippen LogP contribution < -0.4 is 5.73 Å². The number of thioether (sulfide) groups is 1. The van der Waals surface area contributed by atoms with Crippen molar-refractivity contribution in [1.29, 1.82) is 0 Å². The highest BCUT2D eigenvalue weighted by molar-refractivity contribution is 7.99. The van der Waals surface area contributed by atoms with Crippen LogP contribution in [0.2, 0.25) is 0 Å². The molecule has 5 heteroatoms. The summed E-state index contributed by atoms with van der Waals surface area (Å²) < 4.78 is 5.22. The summed E-state index contributed by atoms with van der Waals surface area (Å²) in [5.41, 5.74) is 6.85. The molecule has 102 valence electrons. The average molecular weight is 277 g/mol. The van der Waals surface area contributed by atoms with Gasteiger partial charge in [-0.2, -0.15) is 4.98 Å². The van der Waals surface area contributed by atoms with Crippen LogP contribution in [0.15, 0.2) is 33.7 Å². The fraction of sp³-hybridized carbons (Fsp3) is 0.429. The Balaban J connectivity index is 2.09. The molecule has 0 aliphatic heterocycles. The number of hydrogen-bond donors (Lipinski definition) is 1. The molecule has 2 aromatic rings. The largest absolute Gasteiger partial charge is 0.339 e. The first-order valence-corrected chi connectivity index (χ1v) is 7.52. The highest BCUT2D eigenvalue weighted by atomic mass is 32.2. The molecule has 1 aromatic heterocycles. The van der Waals surface area contributed by atoms with Crippen molar-refractivity contribution < 1.29 is 4.52 Å². The van der Waals surface area contributed by atoms with E-state index in [4.69, 9.17) is 10.3 Å². The Bertz CT molecular complexity index is 510. The van der Waals surface area contributed by atoms with Crippen LogP contribution >= 0.6 is 11.8 Å². The van der Waals surface area contributed by atoms with Gasteiger partial charge in [-0.1, -0.05) is 19.0 Å². The Morgan fingerprint density at radius 2 is 2.00 bits per heavy atom. The SMILES string of the molecule is CCSc1ccc(-c2noc(CC(N)CC)n2)cc1. The number of nitrogens with two attached hydrogens (primary N) is 1. The summed E-state index contributed by atoms with van der Waals surface area (Å²) in [6, 6.07) is 8.28. The molecule has 0 aliphatic rings. The van der Waals surface area contributed by atoms with Crippen molar-refractivity contribution in [3.05, 3.63) is 30.2 Å². The van der Waals surface area contributed by atoms with Gasteiger partial charge >= 0.3 is 0 Å². The zero-order chi connectivity index (χ0) is 13.7. The normalized spacial score (nSPS) is 12.6. The third-order valence-electron chi connectivity index (χ3n) is 2.85. The number of nitrogens with zero attached hydrogens (tertiary/aromatic N) is 2. The molecule has 1 aromatic carbocycles. The second kappa shape index (κ2) is 6.73. The number of benzene rings is 1. The third kappa shape index (κ3) is 3.81. The lowest BCUT2D eigenvalue weighted by Gasteiger charge is -2.02. The summed E-state index contributed by atoms with van der Waals surface area (Å²) in [7, 11) is 0. The smallest absolute Gasteiger partial charge is 0.228 e. The molecule has 0 aliphatic carbocycles. The van der Waals surface area contributed by atoms with Gasteiger partial charge in [-0.05, 0) is 36.4 Å². The van der Waals surface area contributed by atoms with E-state index in [1.807, 2.05) is 30.8 Å². The van der Waals surface area contributed by atoms with Crippen LogP contribution in [0.1, 0.15) is 26.2 Å². The molecule has 2 N–H and O–H groups in total. The van der Waals surface area contributed by atoms with E-state index in [2.05, 4.69) is 29.2 Å². The van der Waals surface area contributed by atoms with Crippen LogP contribution in [0, 0.1) is 0 Å². The van der Waals surface area contributed by atoms with Gasteiger partial charge in [0.05, 0.1) is 0 Å². The summed E-state index contributed by atoms with van der Waals surface area (Å²) in [5, 5.41) is 4.00. The van der Waals surface area contributed by atoms with E-state index < -0.39 is 0 Å². The fourth-order valence-electron chi connectivity index (χ4n) is 1.69. The van der Waals surface area contributed by atoms with Crippen molar-refractivity contribution in [3.63, 3.8) is 0 Å². The van der Waals surface area contributed by atoms with Gasteiger partial charge in [0.2, 0.25) is 11.7 Å². The van der Waals surface area contributed by atoms with Crippen LogP contribution in [-0.2, 0) is 6.42 Å². The fourth-order valence-corrected chi connectivity index (χ4v) is 2.35. The molecule has 1 atom stereocenters. The Labute approximate surface area is 117 Å². The van der Waals surface area contributed by atoms with Gasteiger partial charge in [0.1, 0.15) is 0 Å². The van der Waals surface area contributed by atoms with Crippen molar-refractivity contribution in [2.24, 2.45) is 5.73 Å². The van der Waals surface area contributed by atoms with Crippen LogP contribution in [-0.4, -0.2) is 21.9 Å². The standard InChI is InChI=1S/C14H19N3OS/c1-3-11(15)9-13-16-14(17-18-13)10-5-7-12(8-6-10)19-4-2/h5-8,11H,3-4,9,15H2,1-2H3. The summed E-state index contributed by atoms with van der Waals surface area (Å²) >= 11 is 1.81. The zero-order valence-electron chi connectivity index (χ0n) is 11.3. The zero-order valence-corrected chi connectivity index (χ0v) is 12.1. The topological polar surface area (TPSA) is 64.9 Å². The van der Waals surface area contributed by atoms with Gasteiger partial charge in [-0.3, -0.25) is 0 Å². The molecule has 0 amide bonds. The second-order valence-corrected chi connectivity index (χ2v) is 5.68. The van der Waals surface area contributed by atoms with E-state index in [1.165, 1.54) is 4.90 Å². The van der Waals surface area contributed by atoms with Gasteiger partial charge in [0.15, 0.2) is 0 Å². The maximum absolute atomic E-state index is 5.88. The lowest BCUT2D eigenvalue weighted by atomic mass is 10.2. The Morgan fingerprint density at radius 3 is 2.63 bits per heavy atom. The summed E-state index contributed by atoms with van der Waals surface area (Å²) in [4.78, 5) is 5.63. The van der Waals surface area contributed by atoms with Crippen molar-refractivity contribution >= 4 is 11.8 Å². The summed E-state index contributed by atoms with van der Waals surface area (Å²) in [6.45, 7) is 4.19. The minimum Gasteiger partial charge on any atom is -0.339 e. The van der Waals surface area contributed by atoms with Gasteiger partial charge in [-0.15, -0.1) is 11.8 Å². The molecular weight excluding hydrogens is 258 g/mol. The molecule has 0 spiro atoms. The van der Waals surface area contributed by atoms with E-state index in [1.54, 1.807) is 0 Å². The van der Waals surface area contributed by atoms with Crippen LogP contribution in [0.5, 0.6) is 0 Å². The molecule has 0 saturated carbocycles. The third-order valence-corrected chi connectivity index (χ3v) is 3.75. The van der Waals surface area contributed by atoms with Gasteiger partial charge < -0.3 is 10.3 Å². The maximum atomic E-state index is 5.88. The molecule has 19 heavy (non-hydrogen) atoms. The number of aromatic nitrogens is 2. The average Bonchev–Trinajstić information content (AvgIpc) is 2.88. The van der Waals surface area contributed by atoms with Crippen molar-refractivity contribution in [3.8, 4) is 11.4 Å². The quantitative estimate of drug-likeness (QED) is 0.822. The van der Waals surface area contributed by atoms with Crippen molar-refractivity contribution in [2.75, 3.05) is 5.75 Å². The number of rotatable bonds is 6. The Morgan fingerprint density at radius 1 is 1.26 bits per heavy atom. The second-order valence-electron chi connectivity index (χ2n) is 4.34. The molecule has 2 rings (SSSR count). The van der Waals surface area contributed by atoms with Crippen LogP contribution in [0.3, 0.4) is 0 Å². The van der Waals surface area contributed by atoms with E-state index in [0.29, 0.717) is 18.1 Å². The predicted octanol–water partition coefficient (Wildman–Crippen LogP) is 3.13. The molecule has 0 bridgehead atoms. The minimum atomic E-state index is 0.0802. The summed E-state index contributed by atoms with van der Waals surface area (Å²) in [6.07, 6.45) is 1.54. The highest BCUT2D eigenvalue weighted by Gasteiger charge is 2.11. The van der Waals surface area contributed by atoms with E-state index in [9.17, 15) is 0 Å². The summed E-state index contributed by atoms with van der Waals surface area (Å²) in [5.74, 6) is 2.31. The first-order chi connectivity index (χ1) is 9.22. The minimum absolute atomic E-state index is 0.0802. The van der Waals surface area contributed by atoms with Gasteiger partial charge in [-0.25, -0.2) is 0 Å². The van der Waals surface area contributed by atoms with Gasteiger partial charge in [0.25, 0.3) is 0 Å². The molecule has 0 fully saturated rings. The van der Waals surface area contributed by atoms with Crippen molar-refractivity contribution in [1.82, 2.24) is 10.1 Å². The molecule has 0 saturated heterocycles. The van der Waals surface area contributed by atoms with E-state index >= 15 is 0 Å². The molecular formula is C14H19N3OS. The Hall–Kier alpha value is -1.33. The van der Waals surface area contributed by atoms with Crippen LogP contribution in [0.4, 0.5) is 0 Å². The monoisotopic (exact) mass is 277 g/mol. The lowest BCUT2D eigenvalue weighted by Crippen LogP contribution is -2.21. The van der Waals surface area contributed by atoms with E-state index in [0.717, 1.165) is 17.7 Å².